The van der Waals surface area contributed by atoms with Gasteiger partial charge in [-0.3, -0.25) is 9.69 Å². The highest BCUT2D eigenvalue weighted by atomic mass is 16.5. The first kappa shape index (κ1) is 12.4. The van der Waals surface area contributed by atoms with Crippen LogP contribution in [0.15, 0.2) is 0 Å². The molecule has 5 heteroatoms. The Bertz CT molecular complexity index is 225. The first-order chi connectivity index (χ1) is 6.92. The molecule has 1 aliphatic heterocycles. The van der Waals surface area contributed by atoms with Gasteiger partial charge in [0.05, 0.1) is 19.8 Å². The van der Waals surface area contributed by atoms with Crippen LogP contribution in [0.4, 0.5) is 0 Å². The van der Waals surface area contributed by atoms with Gasteiger partial charge in [0.1, 0.15) is 0 Å². The van der Waals surface area contributed by atoms with E-state index in [9.17, 15) is 4.79 Å². The molecule has 1 amide bonds. The molecule has 0 bridgehead atoms. The van der Waals surface area contributed by atoms with E-state index >= 15 is 0 Å². The molecule has 15 heavy (non-hydrogen) atoms. The van der Waals surface area contributed by atoms with Gasteiger partial charge in [0, 0.05) is 25.7 Å². The minimum atomic E-state index is -0.252. The molecule has 1 aliphatic rings. The van der Waals surface area contributed by atoms with Gasteiger partial charge in [-0.2, -0.15) is 0 Å². The van der Waals surface area contributed by atoms with Crippen LogP contribution in [-0.4, -0.2) is 61.3 Å². The van der Waals surface area contributed by atoms with Crippen molar-refractivity contribution in [3.8, 4) is 0 Å². The van der Waals surface area contributed by atoms with Crippen LogP contribution >= 0.6 is 0 Å². The Morgan fingerprint density at radius 3 is 2.73 bits per heavy atom. The number of amides is 1. The number of nitrogens with two attached hydrogens (primary N) is 1. The van der Waals surface area contributed by atoms with Crippen molar-refractivity contribution in [1.82, 2.24) is 9.80 Å². The quantitative estimate of drug-likeness (QED) is 0.670. The number of hydrogen-bond donors (Lipinski definition) is 1. The average Bonchev–Trinajstić information content (AvgIpc) is 2.39. The maximum atomic E-state index is 11.6. The number of rotatable bonds is 5. The van der Waals surface area contributed by atoms with E-state index in [-0.39, 0.29) is 11.4 Å². The number of hydrogen-bond acceptors (Lipinski definition) is 4. The Balaban J connectivity index is 2.38. The van der Waals surface area contributed by atoms with Crippen molar-refractivity contribution in [2.45, 2.75) is 19.4 Å². The lowest BCUT2D eigenvalue weighted by Crippen LogP contribution is -2.45. The Hall–Kier alpha value is -0.650. The summed E-state index contributed by atoms with van der Waals surface area (Å²) in [5.74, 6) is 0.163. The summed E-state index contributed by atoms with van der Waals surface area (Å²) in [5, 5.41) is 0. The van der Waals surface area contributed by atoms with Gasteiger partial charge in [0.25, 0.3) is 0 Å². The predicted molar refractivity (Wildman–Crippen MR) is 58.3 cm³/mol. The maximum Gasteiger partial charge on any atom is 0.237 e. The molecule has 0 spiro atoms. The minimum Gasteiger partial charge on any atom is -0.383 e. The average molecular weight is 215 g/mol. The second kappa shape index (κ2) is 4.92. The largest absolute Gasteiger partial charge is 0.383 e. The SMILES string of the molecule is COCCN1CN(CC(C)(C)N)CC1=O. The lowest BCUT2D eigenvalue weighted by Gasteiger charge is -2.25. The van der Waals surface area contributed by atoms with Crippen molar-refractivity contribution in [1.29, 1.82) is 0 Å². The van der Waals surface area contributed by atoms with Crippen LogP contribution in [0, 0.1) is 0 Å². The van der Waals surface area contributed by atoms with Crippen LogP contribution in [-0.2, 0) is 9.53 Å². The number of ether oxygens (including phenoxy) is 1. The summed E-state index contributed by atoms with van der Waals surface area (Å²) in [6.07, 6.45) is 0. The van der Waals surface area contributed by atoms with Crippen molar-refractivity contribution >= 4 is 5.91 Å². The van der Waals surface area contributed by atoms with Gasteiger partial charge in [-0.15, -0.1) is 0 Å². The summed E-state index contributed by atoms with van der Waals surface area (Å²) in [6.45, 7) is 7.07. The molecular formula is C10H21N3O2. The Morgan fingerprint density at radius 1 is 1.53 bits per heavy atom. The van der Waals surface area contributed by atoms with Crippen LogP contribution in [0.1, 0.15) is 13.8 Å². The Labute approximate surface area is 91.2 Å². The van der Waals surface area contributed by atoms with Crippen LogP contribution in [0.3, 0.4) is 0 Å². The topological polar surface area (TPSA) is 58.8 Å². The zero-order chi connectivity index (χ0) is 11.5. The first-order valence-electron chi connectivity index (χ1n) is 5.20. The fourth-order valence-corrected chi connectivity index (χ4v) is 1.74. The van der Waals surface area contributed by atoms with E-state index in [2.05, 4.69) is 4.90 Å². The molecule has 0 atom stereocenters. The number of carbonyl (C=O) groups is 1. The number of nitrogens with zero attached hydrogens (tertiary/aromatic N) is 2. The molecule has 5 nitrogen and oxygen atoms in total. The maximum absolute atomic E-state index is 11.6. The van der Waals surface area contributed by atoms with Gasteiger partial charge in [-0.25, -0.2) is 0 Å². The van der Waals surface area contributed by atoms with Crippen molar-refractivity contribution < 1.29 is 9.53 Å². The minimum absolute atomic E-state index is 0.163. The molecular weight excluding hydrogens is 194 g/mol. The summed E-state index contributed by atoms with van der Waals surface area (Å²) >= 11 is 0. The Kier molecular flexibility index (Phi) is 4.07. The zero-order valence-corrected chi connectivity index (χ0v) is 9.82. The molecule has 0 aliphatic carbocycles. The summed E-state index contributed by atoms with van der Waals surface area (Å²) in [6, 6.07) is 0. The lowest BCUT2D eigenvalue weighted by molar-refractivity contribution is -0.127. The number of methoxy groups -OCH3 is 1. The third-order valence-corrected chi connectivity index (χ3v) is 2.28. The molecule has 1 heterocycles. The third-order valence-electron chi connectivity index (χ3n) is 2.28. The van der Waals surface area contributed by atoms with E-state index < -0.39 is 0 Å². The van der Waals surface area contributed by atoms with Crippen LogP contribution in [0.2, 0.25) is 0 Å². The molecule has 2 N–H and O–H groups in total. The fraction of sp³-hybridized carbons (Fsp3) is 0.900. The van der Waals surface area contributed by atoms with E-state index in [0.717, 1.165) is 6.54 Å². The highest BCUT2D eigenvalue weighted by Gasteiger charge is 2.29. The van der Waals surface area contributed by atoms with E-state index in [1.165, 1.54) is 0 Å². The monoisotopic (exact) mass is 215 g/mol. The van der Waals surface area contributed by atoms with Gasteiger partial charge >= 0.3 is 0 Å². The molecule has 0 radical (unpaired) electrons. The van der Waals surface area contributed by atoms with Gasteiger partial charge in [0.15, 0.2) is 0 Å². The van der Waals surface area contributed by atoms with Crippen LogP contribution < -0.4 is 5.73 Å². The van der Waals surface area contributed by atoms with E-state index in [4.69, 9.17) is 10.5 Å². The normalized spacial score (nSPS) is 18.9. The molecule has 1 saturated heterocycles. The summed E-state index contributed by atoms with van der Waals surface area (Å²) < 4.78 is 4.95. The van der Waals surface area contributed by atoms with Gasteiger partial charge in [-0.05, 0) is 13.8 Å². The molecule has 0 aromatic rings. The highest BCUT2D eigenvalue weighted by Crippen LogP contribution is 2.09. The molecule has 0 aromatic carbocycles. The van der Waals surface area contributed by atoms with Gasteiger partial charge in [0.2, 0.25) is 5.91 Å². The van der Waals surface area contributed by atoms with Crippen molar-refractivity contribution in [2.75, 3.05) is 40.0 Å². The molecule has 1 rings (SSSR count). The van der Waals surface area contributed by atoms with Crippen LogP contribution in [0.25, 0.3) is 0 Å². The van der Waals surface area contributed by atoms with E-state index in [1.807, 2.05) is 13.8 Å². The predicted octanol–water partition coefficient (Wildman–Crippen LogP) is -0.528. The molecule has 88 valence electrons. The molecule has 1 fully saturated rings. The zero-order valence-electron chi connectivity index (χ0n) is 9.82. The standard InChI is InChI=1S/C10H21N3O2/c1-10(2,11)7-12-6-9(14)13(8-12)4-5-15-3/h4-8,11H2,1-3H3. The summed E-state index contributed by atoms with van der Waals surface area (Å²) in [7, 11) is 1.64. The third kappa shape index (κ3) is 4.15. The summed E-state index contributed by atoms with van der Waals surface area (Å²) in [5.41, 5.74) is 5.66. The van der Waals surface area contributed by atoms with Crippen molar-refractivity contribution in [3.05, 3.63) is 0 Å². The van der Waals surface area contributed by atoms with E-state index in [1.54, 1.807) is 12.0 Å². The molecule has 0 aromatic heterocycles. The molecule has 0 unspecified atom stereocenters. The first-order valence-corrected chi connectivity index (χ1v) is 5.20. The fourth-order valence-electron chi connectivity index (χ4n) is 1.74. The van der Waals surface area contributed by atoms with Gasteiger partial charge in [-0.1, -0.05) is 0 Å². The second-order valence-corrected chi connectivity index (χ2v) is 4.77. The van der Waals surface area contributed by atoms with Gasteiger partial charge < -0.3 is 15.4 Å². The van der Waals surface area contributed by atoms with Crippen molar-refractivity contribution in [2.24, 2.45) is 5.73 Å². The van der Waals surface area contributed by atoms with Crippen LogP contribution in [0.5, 0.6) is 0 Å². The highest BCUT2D eigenvalue weighted by molar-refractivity contribution is 5.80. The summed E-state index contributed by atoms with van der Waals surface area (Å²) in [4.78, 5) is 15.4. The second-order valence-electron chi connectivity index (χ2n) is 4.77. The molecule has 0 saturated carbocycles. The number of carbonyl (C=O) groups excluding carboxylic acids is 1. The lowest BCUT2D eigenvalue weighted by atomic mass is 10.1. The Morgan fingerprint density at radius 2 is 2.20 bits per heavy atom. The van der Waals surface area contributed by atoms with Crippen molar-refractivity contribution in [3.63, 3.8) is 0 Å². The smallest absolute Gasteiger partial charge is 0.237 e. The van der Waals surface area contributed by atoms with E-state index in [0.29, 0.717) is 26.4 Å².